The standard InChI is InChI=1S/C20H13FN4O4/c1-11-16-7-12(19(27)17-8-13(21)5-6-18(17)26)10-22-20(16)24(23-11)14-3-2-4-15(9-14)25(28)29/h2-10,26H,1H3. The Morgan fingerprint density at radius 2 is 2.00 bits per heavy atom. The van der Waals surface area contributed by atoms with Crippen molar-refractivity contribution in [3.8, 4) is 11.4 Å². The fourth-order valence-electron chi connectivity index (χ4n) is 3.03. The maximum atomic E-state index is 13.5. The molecule has 0 unspecified atom stereocenters. The van der Waals surface area contributed by atoms with Crippen molar-refractivity contribution in [3.63, 3.8) is 0 Å². The van der Waals surface area contributed by atoms with Crippen molar-refractivity contribution in [3.05, 3.63) is 87.5 Å². The lowest BCUT2D eigenvalue weighted by molar-refractivity contribution is -0.384. The molecule has 9 heteroatoms. The van der Waals surface area contributed by atoms with Crippen LogP contribution in [-0.2, 0) is 0 Å². The number of aromatic hydroxyl groups is 1. The number of hydrogen-bond acceptors (Lipinski definition) is 6. The predicted molar refractivity (Wildman–Crippen MR) is 102 cm³/mol. The number of carbonyl (C=O) groups is 1. The third-order valence-electron chi connectivity index (χ3n) is 4.46. The Labute approximate surface area is 163 Å². The fourth-order valence-corrected chi connectivity index (χ4v) is 3.03. The van der Waals surface area contributed by atoms with E-state index in [2.05, 4.69) is 10.1 Å². The van der Waals surface area contributed by atoms with Gasteiger partial charge in [0.2, 0.25) is 0 Å². The van der Waals surface area contributed by atoms with Gasteiger partial charge in [0.1, 0.15) is 11.6 Å². The molecule has 0 saturated heterocycles. The second-order valence-electron chi connectivity index (χ2n) is 6.36. The van der Waals surface area contributed by atoms with E-state index >= 15 is 0 Å². The lowest BCUT2D eigenvalue weighted by Crippen LogP contribution is -2.04. The molecule has 1 N–H and O–H groups in total. The number of carbonyl (C=O) groups excluding carboxylic acids is 1. The molecule has 2 aromatic heterocycles. The van der Waals surface area contributed by atoms with Crippen LogP contribution in [0.1, 0.15) is 21.6 Å². The molecule has 0 atom stereocenters. The van der Waals surface area contributed by atoms with E-state index in [1.54, 1.807) is 25.1 Å². The molecule has 144 valence electrons. The maximum Gasteiger partial charge on any atom is 0.271 e. The van der Waals surface area contributed by atoms with Gasteiger partial charge in [0.25, 0.3) is 5.69 Å². The summed E-state index contributed by atoms with van der Waals surface area (Å²) in [5.41, 5.74) is 1.30. The van der Waals surface area contributed by atoms with Crippen molar-refractivity contribution in [1.82, 2.24) is 14.8 Å². The number of ketones is 1. The van der Waals surface area contributed by atoms with Gasteiger partial charge in [0, 0.05) is 29.3 Å². The van der Waals surface area contributed by atoms with Crippen molar-refractivity contribution in [2.75, 3.05) is 0 Å². The zero-order valence-electron chi connectivity index (χ0n) is 15.0. The van der Waals surface area contributed by atoms with Crippen molar-refractivity contribution < 1.29 is 19.2 Å². The third-order valence-corrected chi connectivity index (χ3v) is 4.46. The van der Waals surface area contributed by atoms with Crippen LogP contribution in [0.2, 0.25) is 0 Å². The summed E-state index contributed by atoms with van der Waals surface area (Å²) in [5.74, 6) is -1.56. The molecular formula is C20H13FN4O4. The molecule has 4 aromatic rings. The van der Waals surface area contributed by atoms with Crippen LogP contribution in [0.15, 0.2) is 54.7 Å². The zero-order chi connectivity index (χ0) is 20.7. The highest BCUT2D eigenvalue weighted by atomic mass is 19.1. The van der Waals surface area contributed by atoms with E-state index < -0.39 is 16.5 Å². The van der Waals surface area contributed by atoms with E-state index in [0.717, 1.165) is 18.2 Å². The number of phenolic OH excluding ortho intramolecular Hbond substituents is 1. The second kappa shape index (κ2) is 6.79. The Kier molecular flexibility index (Phi) is 4.27. The van der Waals surface area contributed by atoms with Gasteiger partial charge >= 0.3 is 0 Å². The van der Waals surface area contributed by atoms with Gasteiger partial charge in [-0.15, -0.1) is 0 Å². The number of halogens is 1. The fraction of sp³-hybridized carbons (Fsp3) is 0.0500. The predicted octanol–water partition coefficient (Wildman–Crippen LogP) is 3.71. The summed E-state index contributed by atoms with van der Waals surface area (Å²) in [7, 11) is 0. The topological polar surface area (TPSA) is 111 Å². The monoisotopic (exact) mass is 392 g/mol. The lowest BCUT2D eigenvalue weighted by atomic mass is 10.0. The molecule has 0 aliphatic heterocycles. The normalized spacial score (nSPS) is 11.0. The van der Waals surface area contributed by atoms with E-state index in [1.807, 2.05) is 0 Å². The Morgan fingerprint density at radius 3 is 2.76 bits per heavy atom. The molecule has 0 saturated carbocycles. The molecule has 0 amide bonds. The third kappa shape index (κ3) is 3.18. The number of non-ortho nitro benzene ring substituents is 1. The van der Waals surface area contributed by atoms with Gasteiger partial charge in [-0.25, -0.2) is 14.1 Å². The van der Waals surface area contributed by atoms with Crippen molar-refractivity contribution >= 4 is 22.5 Å². The average molecular weight is 392 g/mol. The van der Waals surface area contributed by atoms with Crippen LogP contribution in [0, 0.1) is 22.9 Å². The molecule has 4 rings (SSSR count). The highest BCUT2D eigenvalue weighted by molar-refractivity contribution is 6.11. The molecular weight excluding hydrogens is 379 g/mol. The van der Waals surface area contributed by atoms with Crippen molar-refractivity contribution in [2.24, 2.45) is 0 Å². The number of rotatable bonds is 4. The van der Waals surface area contributed by atoms with Gasteiger partial charge in [-0.05, 0) is 37.3 Å². The van der Waals surface area contributed by atoms with Gasteiger partial charge < -0.3 is 5.11 Å². The molecule has 0 spiro atoms. The van der Waals surface area contributed by atoms with Crippen LogP contribution >= 0.6 is 0 Å². The summed E-state index contributed by atoms with van der Waals surface area (Å²) in [6.45, 7) is 1.71. The van der Waals surface area contributed by atoms with E-state index in [4.69, 9.17) is 0 Å². The van der Waals surface area contributed by atoms with E-state index in [-0.39, 0.29) is 22.6 Å². The summed E-state index contributed by atoms with van der Waals surface area (Å²) < 4.78 is 14.9. The molecule has 0 aliphatic carbocycles. The number of hydrogen-bond donors (Lipinski definition) is 1. The van der Waals surface area contributed by atoms with Crippen molar-refractivity contribution in [1.29, 1.82) is 0 Å². The number of benzene rings is 2. The van der Waals surface area contributed by atoms with Crippen LogP contribution in [0.4, 0.5) is 10.1 Å². The molecule has 8 nitrogen and oxygen atoms in total. The first-order valence-electron chi connectivity index (χ1n) is 8.48. The van der Waals surface area contributed by atoms with Crippen LogP contribution in [0.3, 0.4) is 0 Å². The summed E-state index contributed by atoms with van der Waals surface area (Å²) in [6.07, 6.45) is 1.30. The van der Waals surface area contributed by atoms with E-state index in [1.165, 1.54) is 23.0 Å². The van der Waals surface area contributed by atoms with Gasteiger partial charge in [-0.2, -0.15) is 5.10 Å². The minimum atomic E-state index is -0.644. The van der Waals surface area contributed by atoms with Gasteiger partial charge in [-0.1, -0.05) is 6.07 Å². The van der Waals surface area contributed by atoms with Crippen LogP contribution < -0.4 is 0 Å². The minimum absolute atomic E-state index is 0.0859. The maximum absolute atomic E-state index is 13.5. The number of fused-ring (bicyclic) bond motifs is 1. The summed E-state index contributed by atoms with van der Waals surface area (Å²) in [6, 6.07) is 10.6. The summed E-state index contributed by atoms with van der Waals surface area (Å²) in [5, 5.41) is 25.8. The Morgan fingerprint density at radius 1 is 1.21 bits per heavy atom. The van der Waals surface area contributed by atoms with Crippen LogP contribution in [0.5, 0.6) is 5.75 Å². The molecule has 0 fully saturated rings. The zero-order valence-corrected chi connectivity index (χ0v) is 15.0. The number of phenols is 1. The number of nitrogens with zero attached hydrogens (tertiary/aromatic N) is 4. The number of aromatic nitrogens is 3. The molecule has 0 radical (unpaired) electrons. The SMILES string of the molecule is Cc1nn(-c2cccc([N+](=O)[O-])c2)c2ncc(C(=O)c3cc(F)ccc3O)cc12. The summed E-state index contributed by atoms with van der Waals surface area (Å²) in [4.78, 5) is 27.5. The highest BCUT2D eigenvalue weighted by Crippen LogP contribution is 2.26. The molecule has 2 heterocycles. The van der Waals surface area contributed by atoms with E-state index in [0.29, 0.717) is 22.4 Å². The Bertz CT molecular complexity index is 1300. The summed E-state index contributed by atoms with van der Waals surface area (Å²) >= 11 is 0. The highest BCUT2D eigenvalue weighted by Gasteiger charge is 2.19. The number of nitro benzene ring substituents is 1. The second-order valence-corrected chi connectivity index (χ2v) is 6.36. The average Bonchev–Trinajstić information content (AvgIpc) is 3.05. The number of nitro groups is 1. The van der Waals surface area contributed by atoms with Crippen LogP contribution in [0.25, 0.3) is 16.7 Å². The van der Waals surface area contributed by atoms with Gasteiger partial charge in [0.05, 0.1) is 21.9 Å². The number of pyridine rings is 1. The largest absolute Gasteiger partial charge is 0.507 e. The number of aryl methyl sites for hydroxylation is 1. The molecule has 29 heavy (non-hydrogen) atoms. The molecule has 0 bridgehead atoms. The Hall–Kier alpha value is -4.14. The first kappa shape index (κ1) is 18.2. The minimum Gasteiger partial charge on any atom is -0.507 e. The van der Waals surface area contributed by atoms with Gasteiger partial charge in [-0.3, -0.25) is 14.9 Å². The molecule has 0 aliphatic rings. The lowest BCUT2D eigenvalue weighted by Gasteiger charge is -2.05. The van der Waals surface area contributed by atoms with E-state index in [9.17, 15) is 24.4 Å². The first-order valence-corrected chi connectivity index (χ1v) is 8.48. The van der Waals surface area contributed by atoms with Crippen LogP contribution in [-0.4, -0.2) is 30.6 Å². The molecule has 2 aromatic carbocycles. The quantitative estimate of drug-likeness (QED) is 0.322. The Balaban J connectivity index is 1.82. The van der Waals surface area contributed by atoms with Crippen molar-refractivity contribution in [2.45, 2.75) is 6.92 Å². The first-order chi connectivity index (χ1) is 13.8. The smallest absolute Gasteiger partial charge is 0.271 e. The van der Waals surface area contributed by atoms with Gasteiger partial charge in [0.15, 0.2) is 11.4 Å².